The first kappa shape index (κ1) is 15.8. The number of urea groups is 1. The van der Waals surface area contributed by atoms with Crippen LogP contribution in [0.5, 0.6) is 0 Å². The Bertz CT molecular complexity index is 492. The van der Waals surface area contributed by atoms with E-state index in [2.05, 4.69) is 17.2 Å². The van der Waals surface area contributed by atoms with E-state index >= 15 is 0 Å². The number of amides is 3. The Labute approximate surface area is 119 Å². The number of aryl methyl sites for hydroxylation is 2. The number of nitrogens with one attached hydrogen (secondary N) is 2. The van der Waals surface area contributed by atoms with Gasteiger partial charge in [-0.3, -0.25) is 4.79 Å². The van der Waals surface area contributed by atoms with Gasteiger partial charge in [-0.15, -0.1) is 6.58 Å². The van der Waals surface area contributed by atoms with Crippen molar-refractivity contribution in [2.75, 3.05) is 25.5 Å². The van der Waals surface area contributed by atoms with E-state index in [0.29, 0.717) is 6.54 Å². The topological polar surface area (TPSA) is 61.4 Å². The fraction of sp³-hybridized carbons (Fsp3) is 0.333. The molecule has 0 unspecified atom stereocenters. The molecule has 2 N–H and O–H groups in total. The minimum atomic E-state index is -0.304. The number of rotatable bonds is 5. The third kappa shape index (κ3) is 4.42. The van der Waals surface area contributed by atoms with Crippen LogP contribution in [0.2, 0.25) is 0 Å². The van der Waals surface area contributed by atoms with Crippen molar-refractivity contribution in [2.24, 2.45) is 0 Å². The largest absolute Gasteiger partial charge is 0.335 e. The summed E-state index contributed by atoms with van der Waals surface area (Å²) >= 11 is 0. The van der Waals surface area contributed by atoms with Gasteiger partial charge in [0.2, 0.25) is 5.91 Å². The lowest BCUT2D eigenvalue weighted by Crippen LogP contribution is -2.41. The van der Waals surface area contributed by atoms with Crippen LogP contribution in [0.25, 0.3) is 0 Å². The van der Waals surface area contributed by atoms with Gasteiger partial charge in [0.1, 0.15) is 6.54 Å². The fourth-order valence-corrected chi connectivity index (χ4v) is 1.77. The van der Waals surface area contributed by atoms with Crippen molar-refractivity contribution >= 4 is 17.6 Å². The SMILES string of the molecule is C=CCNC(=O)N(C)CC(=O)Nc1c(C)cccc1C. The monoisotopic (exact) mass is 275 g/mol. The molecule has 1 aromatic rings. The first-order valence-electron chi connectivity index (χ1n) is 6.41. The molecule has 0 heterocycles. The molecular weight excluding hydrogens is 254 g/mol. The van der Waals surface area contributed by atoms with Crippen LogP contribution in [0.4, 0.5) is 10.5 Å². The molecule has 108 valence electrons. The van der Waals surface area contributed by atoms with Crippen LogP contribution >= 0.6 is 0 Å². The number of anilines is 1. The molecule has 0 aliphatic rings. The average molecular weight is 275 g/mol. The molecule has 0 bridgehead atoms. The lowest BCUT2D eigenvalue weighted by molar-refractivity contribution is -0.116. The van der Waals surface area contributed by atoms with Gasteiger partial charge in [-0.05, 0) is 25.0 Å². The van der Waals surface area contributed by atoms with Crippen molar-refractivity contribution in [1.29, 1.82) is 0 Å². The van der Waals surface area contributed by atoms with Gasteiger partial charge in [-0.1, -0.05) is 24.3 Å². The maximum atomic E-state index is 12.0. The molecule has 0 spiro atoms. The molecule has 0 radical (unpaired) electrons. The molecule has 1 rings (SSSR count). The highest BCUT2D eigenvalue weighted by Gasteiger charge is 2.13. The van der Waals surface area contributed by atoms with E-state index < -0.39 is 0 Å². The molecule has 3 amide bonds. The standard InChI is InChI=1S/C15H21N3O2/c1-5-9-16-15(20)18(4)10-13(19)17-14-11(2)7-6-8-12(14)3/h5-8H,1,9-10H2,2-4H3,(H,16,20)(H,17,19). The Kier molecular flexibility index (Phi) is 5.77. The molecule has 0 saturated heterocycles. The molecule has 0 aromatic heterocycles. The summed E-state index contributed by atoms with van der Waals surface area (Å²) in [6.45, 7) is 7.76. The summed E-state index contributed by atoms with van der Waals surface area (Å²) in [7, 11) is 1.57. The molecule has 5 heteroatoms. The van der Waals surface area contributed by atoms with E-state index in [4.69, 9.17) is 0 Å². The summed E-state index contributed by atoms with van der Waals surface area (Å²) in [4.78, 5) is 24.9. The second-order valence-corrected chi connectivity index (χ2v) is 4.65. The molecule has 0 fully saturated rings. The maximum Gasteiger partial charge on any atom is 0.317 e. The van der Waals surface area contributed by atoms with Gasteiger partial charge < -0.3 is 15.5 Å². The van der Waals surface area contributed by atoms with E-state index in [1.54, 1.807) is 13.1 Å². The van der Waals surface area contributed by atoms with Gasteiger partial charge in [-0.25, -0.2) is 4.79 Å². The predicted molar refractivity (Wildman–Crippen MR) is 80.8 cm³/mol. The lowest BCUT2D eigenvalue weighted by Gasteiger charge is -2.18. The minimum Gasteiger partial charge on any atom is -0.335 e. The summed E-state index contributed by atoms with van der Waals surface area (Å²) < 4.78 is 0. The highest BCUT2D eigenvalue weighted by molar-refractivity contribution is 5.95. The summed E-state index contributed by atoms with van der Waals surface area (Å²) in [5.41, 5.74) is 2.80. The van der Waals surface area contributed by atoms with Crippen molar-refractivity contribution in [1.82, 2.24) is 10.2 Å². The van der Waals surface area contributed by atoms with E-state index in [9.17, 15) is 9.59 Å². The van der Waals surface area contributed by atoms with Gasteiger partial charge in [0.15, 0.2) is 0 Å². The maximum absolute atomic E-state index is 12.0. The first-order chi connectivity index (χ1) is 9.45. The smallest absolute Gasteiger partial charge is 0.317 e. The first-order valence-corrected chi connectivity index (χ1v) is 6.41. The van der Waals surface area contributed by atoms with Crippen LogP contribution in [-0.4, -0.2) is 37.0 Å². The number of para-hydroxylation sites is 1. The van der Waals surface area contributed by atoms with E-state index in [0.717, 1.165) is 16.8 Å². The quantitative estimate of drug-likeness (QED) is 0.808. The number of nitrogens with zero attached hydrogens (tertiary/aromatic N) is 1. The number of hydrogen-bond donors (Lipinski definition) is 2. The zero-order chi connectivity index (χ0) is 15.1. The molecule has 20 heavy (non-hydrogen) atoms. The molecular formula is C15H21N3O2. The Morgan fingerprint density at radius 1 is 1.30 bits per heavy atom. The zero-order valence-electron chi connectivity index (χ0n) is 12.2. The van der Waals surface area contributed by atoms with Crippen molar-refractivity contribution in [2.45, 2.75) is 13.8 Å². The zero-order valence-corrected chi connectivity index (χ0v) is 12.2. The van der Waals surface area contributed by atoms with Gasteiger partial charge in [0.05, 0.1) is 0 Å². The van der Waals surface area contributed by atoms with Crippen LogP contribution in [0, 0.1) is 13.8 Å². The second-order valence-electron chi connectivity index (χ2n) is 4.65. The normalized spacial score (nSPS) is 9.75. The van der Waals surface area contributed by atoms with Crippen molar-refractivity contribution in [3.8, 4) is 0 Å². The molecule has 1 aromatic carbocycles. The third-order valence-electron chi connectivity index (χ3n) is 2.87. The van der Waals surface area contributed by atoms with E-state index in [-0.39, 0.29) is 18.5 Å². The summed E-state index contributed by atoms with van der Waals surface area (Å²) in [6.07, 6.45) is 1.59. The van der Waals surface area contributed by atoms with Crippen molar-refractivity contribution in [3.63, 3.8) is 0 Å². The van der Waals surface area contributed by atoms with E-state index in [1.165, 1.54) is 4.90 Å². The van der Waals surface area contributed by atoms with Gasteiger partial charge >= 0.3 is 6.03 Å². The van der Waals surface area contributed by atoms with Crippen LogP contribution in [-0.2, 0) is 4.79 Å². The molecule has 0 saturated carbocycles. The number of carbonyl (C=O) groups is 2. The minimum absolute atomic E-state index is 0.00322. The highest BCUT2D eigenvalue weighted by atomic mass is 16.2. The fourth-order valence-electron chi connectivity index (χ4n) is 1.77. The number of likely N-dealkylation sites (N-methyl/N-ethyl adjacent to an activating group) is 1. The van der Waals surface area contributed by atoms with Gasteiger partial charge in [0, 0.05) is 19.3 Å². The average Bonchev–Trinajstić information content (AvgIpc) is 2.40. The van der Waals surface area contributed by atoms with Crippen LogP contribution in [0.15, 0.2) is 30.9 Å². The van der Waals surface area contributed by atoms with E-state index in [1.807, 2.05) is 32.0 Å². The van der Waals surface area contributed by atoms with Crippen molar-refractivity contribution in [3.05, 3.63) is 42.0 Å². The number of hydrogen-bond acceptors (Lipinski definition) is 2. The Morgan fingerprint density at radius 2 is 1.90 bits per heavy atom. The summed E-state index contributed by atoms with van der Waals surface area (Å²) in [5, 5.41) is 5.45. The highest BCUT2D eigenvalue weighted by Crippen LogP contribution is 2.19. The van der Waals surface area contributed by atoms with Gasteiger partial charge in [0.25, 0.3) is 0 Å². The molecule has 0 aliphatic carbocycles. The Morgan fingerprint density at radius 3 is 2.45 bits per heavy atom. The summed E-state index contributed by atoms with van der Waals surface area (Å²) in [6, 6.07) is 5.50. The molecule has 0 aliphatic heterocycles. The molecule has 5 nitrogen and oxygen atoms in total. The van der Waals surface area contributed by atoms with Crippen molar-refractivity contribution < 1.29 is 9.59 Å². The Balaban J connectivity index is 2.59. The number of carbonyl (C=O) groups excluding carboxylic acids is 2. The van der Waals surface area contributed by atoms with Gasteiger partial charge in [-0.2, -0.15) is 0 Å². The van der Waals surface area contributed by atoms with Crippen LogP contribution < -0.4 is 10.6 Å². The third-order valence-corrected chi connectivity index (χ3v) is 2.87. The van der Waals surface area contributed by atoms with Crippen LogP contribution in [0.3, 0.4) is 0 Å². The second kappa shape index (κ2) is 7.33. The van der Waals surface area contributed by atoms with Crippen LogP contribution in [0.1, 0.15) is 11.1 Å². The number of benzene rings is 1. The molecule has 0 atom stereocenters. The Hall–Kier alpha value is -2.30. The lowest BCUT2D eigenvalue weighted by atomic mass is 10.1. The summed E-state index contributed by atoms with van der Waals surface area (Å²) in [5.74, 6) is -0.223. The predicted octanol–water partition coefficient (Wildman–Crippen LogP) is 2.07.